The Bertz CT molecular complexity index is 596. The van der Waals surface area contributed by atoms with Gasteiger partial charge in [-0.05, 0) is 37.1 Å². The van der Waals surface area contributed by atoms with Gasteiger partial charge in [0.25, 0.3) is 0 Å². The third kappa shape index (κ3) is 5.00. The molecule has 0 aliphatic heterocycles. The summed E-state index contributed by atoms with van der Waals surface area (Å²) >= 11 is 0. The minimum Gasteiger partial charge on any atom is -0.326 e. The van der Waals surface area contributed by atoms with Crippen molar-refractivity contribution in [3.8, 4) is 0 Å². The van der Waals surface area contributed by atoms with Gasteiger partial charge in [0, 0.05) is 37.6 Å². The summed E-state index contributed by atoms with van der Waals surface area (Å²) in [6.07, 6.45) is 4.02. The second kappa shape index (κ2) is 7.55. The number of nitrogens with one attached hydrogen (secondary N) is 2. The Balaban J connectivity index is 1.72. The number of carbonyl (C=O) groups excluding carboxylic acids is 1. The number of pyridine rings is 1. The monoisotopic (exact) mass is 283 g/mol. The predicted molar refractivity (Wildman–Crippen MR) is 85.1 cm³/mol. The lowest BCUT2D eigenvalue weighted by Crippen LogP contribution is -2.21. The van der Waals surface area contributed by atoms with Gasteiger partial charge in [0.05, 0.1) is 0 Å². The van der Waals surface area contributed by atoms with E-state index in [1.165, 1.54) is 5.56 Å². The van der Waals surface area contributed by atoms with Crippen LogP contribution < -0.4 is 10.6 Å². The topological polar surface area (TPSA) is 54.0 Å². The standard InChI is InChI=1S/C17H21N3O/c1-13-5-6-16(14(2)10-13)20-17(21)7-9-19-12-15-4-3-8-18-11-15/h3-6,8,10-11,19H,7,9,12H2,1-2H3,(H,20,21). The number of benzene rings is 1. The quantitative estimate of drug-likeness (QED) is 0.802. The van der Waals surface area contributed by atoms with Crippen LogP contribution in [0.2, 0.25) is 0 Å². The number of aryl methyl sites for hydroxylation is 2. The zero-order valence-corrected chi connectivity index (χ0v) is 12.5. The number of amides is 1. The highest BCUT2D eigenvalue weighted by Crippen LogP contribution is 2.15. The summed E-state index contributed by atoms with van der Waals surface area (Å²) in [7, 11) is 0. The molecule has 1 amide bonds. The van der Waals surface area contributed by atoms with E-state index in [1.807, 2.05) is 44.3 Å². The van der Waals surface area contributed by atoms with Crippen LogP contribution in [0.25, 0.3) is 0 Å². The molecule has 4 heteroatoms. The van der Waals surface area contributed by atoms with Crippen molar-refractivity contribution in [2.75, 3.05) is 11.9 Å². The summed E-state index contributed by atoms with van der Waals surface area (Å²) in [6.45, 7) is 5.42. The average molecular weight is 283 g/mol. The van der Waals surface area contributed by atoms with Crippen molar-refractivity contribution in [3.05, 3.63) is 59.4 Å². The number of hydrogen-bond acceptors (Lipinski definition) is 3. The molecule has 0 fully saturated rings. The Morgan fingerprint density at radius 1 is 1.24 bits per heavy atom. The molecule has 0 bridgehead atoms. The van der Waals surface area contributed by atoms with Gasteiger partial charge in [-0.15, -0.1) is 0 Å². The number of anilines is 1. The van der Waals surface area contributed by atoms with Gasteiger partial charge in [-0.25, -0.2) is 0 Å². The molecule has 1 aromatic carbocycles. The maximum atomic E-state index is 11.9. The summed E-state index contributed by atoms with van der Waals surface area (Å²) < 4.78 is 0. The zero-order valence-electron chi connectivity index (χ0n) is 12.5. The summed E-state index contributed by atoms with van der Waals surface area (Å²) in [5.74, 6) is 0.0284. The molecule has 21 heavy (non-hydrogen) atoms. The lowest BCUT2D eigenvalue weighted by molar-refractivity contribution is -0.116. The first kappa shape index (κ1) is 15.2. The Morgan fingerprint density at radius 2 is 2.10 bits per heavy atom. The molecule has 4 nitrogen and oxygen atoms in total. The van der Waals surface area contributed by atoms with Crippen molar-refractivity contribution in [3.63, 3.8) is 0 Å². The number of carbonyl (C=O) groups is 1. The highest BCUT2D eigenvalue weighted by Gasteiger charge is 2.04. The Morgan fingerprint density at radius 3 is 2.81 bits per heavy atom. The third-order valence-corrected chi connectivity index (χ3v) is 3.24. The van der Waals surface area contributed by atoms with E-state index in [1.54, 1.807) is 6.20 Å². The molecule has 2 N–H and O–H groups in total. The van der Waals surface area contributed by atoms with E-state index in [4.69, 9.17) is 0 Å². The first-order valence-corrected chi connectivity index (χ1v) is 7.12. The first-order chi connectivity index (χ1) is 10.1. The highest BCUT2D eigenvalue weighted by molar-refractivity contribution is 5.91. The molecule has 1 heterocycles. The molecule has 1 aromatic heterocycles. The first-order valence-electron chi connectivity index (χ1n) is 7.12. The summed E-state index contributed by atoms with van der Waals surface area (Å²) in [5.41, 5.74) is 4.29. The van der Waals surface area contributed by atoms with Crippen molar-refractivity contribution < 1.29 is 4.79 Å². The van der Waals surface area contributed by atoms with Gasteiger partial charge in [0.1, 0.15) is 0 Å². The van der Waals surface area contributed by atoms with Gasteiger partial charge in [-0.2, -0.15) is 0 Å². The van der Waals surface area contributed by atoms with Crippen LogP contribution in [0, 0.1) is 13.8 Å². The fourth-order valence-electron chi connectivity index (χ4n) is 2.10. The molecule has 0 spiro atoms. The van der Waals surface area contributed by atoms with Crippen LogP contribution in [0.3, 0.4) is 0 Å². The summed E-state index contributed by atoms with van der Waals surface area (Å²) in [5, 5.41) is 6.19. The molecule has 0 unspecified atom stereocenters. The van der Waals surface area contributed by atoms with Crippen LogP contribution in [-0.2, 0) is 11.3 Å². The van der Waals surface area contributed by atoms with E-state index < -0.39 is 0 Å². The van der Waals surface area contributed by atoms with Crippen LogP contribution in [0.5, 0.6) is 0 Å². The predicted octanol–water partition coefficient (Wildman–Crippen LogP) is 2.82. The molecule has 0 aliphatic carbocycles. The van der Waals surface area contributed by atoms with Crippen molar-refractivity contribution in [2.24, 2.45) is 0 Å². The molecule has 0 atom stereocenters. The number of aromatic nitrogens is 1. The number of rotatable bonds is 6. The smallest absolute Gasteiger partial charge is 0.225 e. The zero-order chi connectivity index (χ0) is 15.1. The minimum atomic E-state index is 0.0284. The number of hydrogen-bond donors (Lipinski definition) is 2. The second-order valence-electron chi connectivity index (χ2n) is 5.15. The molecule has 0 radical (unpaired) electrons. The molecule has 2 rings (SSSR count). The molecule has 0 saturated heterocycles. The van der Waals surface area contributed by atoms with Gasteiger partial charge in [0.2, 0.25) is 5.91 Å². The Hall–Kier alpha value is -2.20. The Kier molecular flexibility index (Phi) is 5.46. The normalized spacial score (nSPS) is 10.4. The van der Waals surface area contributed by atoms with Gasteiger partial charge >= 0.3 is 0 Å². The van der Waals surface area contributed by atoms with Crippen LogP contribution >= 0.6 is 0 Å². The summed E-state index contributed by atoms with van der Waals surface area (Å²) in [6, 6.07) is 9.94. The van der Waals surface area contributed by atoms with Crippen LogP contribution in [0.15, 0.2) is 42.7 Å². The second-order valence-corrected chi connectivity index (χ2v) is 5.15. The maximum absolute atomic E-state index is 11.9. The van der Waals surface area contributed by atoms with E-state index in [0.717, 1.165) is 23.4 Å². The molecular formula is C17H21N3O. The third-order valence-electron chi connectivity index (χ3n) is 3.24. The van der Waals surface area contributed by atoms with Crippen LogP contribution in [-0.4, -0.2) is 17.4 Å². The fourth-order valence-corrected chi connectivity index (χ4v) is 2.10. The molecule has 0 aliphatic rings. The minimum absolute atomic E-state index is 0.0284. The van der Waals surface area contributed by atoms with Gasteiger partial charge < -0.3 is 10.6 Å². The molecule has 110 valence electrons. The van der Waals surface area contributed by atoms with E-state index >= 15 is 0 Å². The summed E-state index contributed by atoms with van der Waals surface area (Å²) in [4.78, 5) is 15.9. The van der Waals surface area contributed by atoms with E-state index in [9.17, 15) is 4.79 Å². The van der Waals surface area contributed by atoms with Crippen molar-refractivity contribution in [1.29, 1.82) is 0 Å². The van der Waals surface area contributed by atoms with E-state index in [-0.39, 0.29) is 5.91 Å². The van der Waals surface area contributed by atoms with Crippen molar-refractivity contribution in [2.45, 2.75) is 26.8 Å². The lowest BCUT2D eigenvalue weighted by Gasteiger charge is -2.09. The SMILES string of the molecule is Cc1ccc(NC(=O)CCNCc2cccnc2)c(C)c1. The van der Waals surface area contributed by atoms with E-state index in [2.05, 4.69) is 21.7 Å². The lowest BCUT2D eigenvalue weighted by atomic mass is 10.1. The molecule has 0 saturated carbocycles. The van der Waals surface area contributed by atoms with Gasteiger partial charge in [-0.1, -0.05) is 23.8 Å². The Labute approximate surface area is 125 Å². The van der Waals surface area contributed by atoms with Gasteiger partial charge in [0.15, 0.2) is 0 Å². The average Bonchev–Trinajstić information content (AvgIpc) is 2.48. The number of nitrogens with zero attached hydrogens (tertiary/aromatic N) is 1. The van der Waals surface area contributed by atoms with Gasteiger partial charge in [-0.3, -0.25) is 9.78 Å². The van der Waals surface area contributed by atoms with Crippen LogP contribution in [0.4, 0.5) is 5.69 Å². The molecular weight excluding hydrogens is 262 g/mol. The van der Waals surface area contributed by atoms with Crippen LogP contribution in [0.1, 0.15) is 23.1 Å². The maximum Gasteiger partial charge on any atom is 0.225 e. The van der Waals surface area contributed by atoms with Crippen molar-refractivity contribution >= 4 is 11.6 Å². The van der Waals surface area contributed by atoms with E-state index in [0.29, 0.717) is 13.0 Å². The molecule has 2 aromatic rings. The van der Waals surface area contributed by atoms with Crippen molar-refractivity contribution in [1.82, 2.24) is 10.3 Å². The highest BCUT2D eigenvalue weighted by atomic mass is 16.1. The largest absolute Gasteiger partial charge is 0.326 e. The fraction of sp³-hybridized carbons (Fsp3) is 0.294.